The average molecular weight is 400 g/mol. The molecule has 7 nitrogen and oxygen atoms in total. The van der Waals surface area contributed by atoms with Gasteiger partial charge >= 0.3 is 5.97 Å². The summed E-state index contributed by atoms with van der Waals surface area (Å²) >= 11 is 0. The minimum atomic E-state index is -0.622. The van der Waals surface area contributed by atoms with E-state index in [1.807, 2.05) is 6.92 Å². The molecule has 1 aromatic carbocycles. The molecule has 4 rings (SSSR count). The van der Waals surface area contributed by atoms with Gasteiger partial charge in [-0.05, 0) is 42.3 Å². The fourth-order valence-electron chi connectivity index (χ4n) is 3.74. The molecule has 0 amide bonds. The number of aliphatic hydroxyl groups excluding tert-OH is 1. The zero-order valence-corrected chi connectivity index (χ0v) is 16.1. The number of nitrogens with zero attached hydrogens (tertiary/aromatic N) is 2. The highest BCUT2D eigenvalue weighted by molar-refractivity contribution is 5.71. The molecule has 1 aliphatic rings. The number of hydrogen-bond acceptors (Lipinski definition) is 6. The highest BCUT2D eigenvalue weighted by atomic mass is 19.1. The van der Waals surface area contributed by atoms with Crippen LogP contribution in [0.25, 0.3) is 5.65 Å². The minimum absolute atomic E-state index is 0.154. The van der Waals surface area contributed by atoms with Crippen LogP contribution in [0.15, 0.2) is 36.5 Å². The lowest BCUT2D eigenvalue weighted by Crippen LogP contribution is -2.28. The van der Waals surface area contributed by atoms with Gasteiger partial charge in [-0.3, -0.25) is 4.40 Å². The molecule has 8 heteroatoms. The molecule has 1 N–H and O–H groups in total. The van der Waals surface area contributed by atoms with E-state index in [0.717, 1.165) is 11.1 Å². The Bertz CT molecular complexity index is 1060. The van der Waals surface area contributed by atoms with Crippen molar-refractivity contribution in [2.75, 3.05) is 13.7 Å². The molecular formula is C21H21FN2O5. The zero-order valence-electron chi connectivity index (χ0n) is 16.1. The number of methoxy groups -OCH3 is 1. The van der Waals surface area contributed by atoms with Crippen molar-refractivity contribution in [3.8, 4) is 5.75 Å². The molecule has 3 aromatic rings. The molecule has 0 bridgehead atoms. The number of esters is 1. The topological polar surface area (TPSA) is 82.3 Å². The molecule has 0 saturated carbocycles. The number of imidazole rings is 1. The molecule has 29 heavy (non-hydrogen) atoms. The molecule has 0 unspecified atom stereocenters. The van der Waals surface area contributed by atoms with E-state index in [4.69, 9.17) is 14.2 Å². The van der Waals surface area contributed by atoms with Gasteiger partial charge in [0.1, 0.15) is 18.5 Å². The van der Waals surface area contributed by atoms with Crippen LogP contribution in [0.5, 0.6) is 5.75 Å². The predicted octanol–water partition coefficient (Wildman–Crippen LogP) is 2.51. The Morgan fingerprint density at radius 3 is 2.97 bits per heavy atom. The van der Waals surface area contributed by atoms with Gasteiger partial charge in [-0.25, -0.2) is 14.2 Å². The van der Waals surface area contributed by atoms with Crippen LogP contribution in [0.4, 0.5) is 4.39 Å². The second-order valence-electron chi connectivity index (χ2n) is 6.92. The van der Waals surface area contributed by atoms with Crippen LogP contribution in [-0.2, 0) is 27.3 Å². The van der Waals surface area contributed by atoms with Crippen molar-refractivity contribution in [3.05, 3.63) is 64.9 Å². The van der Waals surface area contributed by atoms with Gasteiger partial charge in [0.15, 0.2) is 17.5 Å². The number of ether oxygens (including phenoxy) is 3. The summed E-state index contributed by atoms with van der Waals surface area (Å²) in [7, 11) is 1.41. The van der Waals surface area contributed by atoms with Gasteiger partial charge in [0.2, 0.25) is 0 Å². The monoisotopic (exact) mass is 400 g/mol. The van der Waals surface area contributed by atoms with E-state index in [9.17, 15) is 14.3 Å². The summed E-state index contributed by atoms with van der Waals surface area (Å²) in [6.07, 6.45) is 0.892. The third-order valence-electron chi connectivity index (χ3n) is 5.03. The summed E-state index contributed by atoms with van der Waals surface area (Å²) in [5.74, 6) is -0.396. The number of rotatable bonds is 6. The molecule has 0 radical (unpaired) electrons. The van der Waals surface area contributed by atoms with Crippen molar-refractivity contribution < 1.29 is 28.5 Å². The number of aromatic nitrogens is 2. The Balaban J connectivity index is 1.71. The highest BCUT2D eigenvalue weighted by Gasteiger charge is 2.38. The lowest BCUT2D eigenvalue weighted by Gasteiger charge is -2.22. The Labute approximate surface area is 166 Å². The largest absolute Gasteiger partial charge is 0.478 e. The van der Waals surface area contributed by atoms with Crippen molar-refractivity contribution in [3.63, 3.8) is 0 Å². The lowest BCUT2D eigenvalue weighted by atomic mass is 10.1. The van der Waals surface area contributed by atoms with Gasteiger partial charge < -0.3 is 19.3 Å². The van der Waals surface area contributed by atoms with E-state index in [1.165, 1.54) is 19.2 Å². The molecule has 0 fully saturated rings. The summed E-state index contributed by atoms with van der Waals surface area (Å²) in [4.78, 5) is 16.5. The first-order valence-electron chi connectivity index (χ1n) is 9.22. The first-order chi connectivity index (χ1) is 14.0. The van der Waals surface area contributed by atoms with E-state index in [1.54, 1.807) is 28.8 Å². The summed E-state index contributed by atoms with van der Waals surface area (Å²) in [5, 5.41) is 9.62. The molecule has 0 saturated heterocycles. The van der Waals surface area contributed by atoms with Crippen molar-refractivity contribution in [1.82, 2.24) is 9.38 Å². The fourth-order valence-corrected chi connectivity index (χ4v) is 3.74. The first-order valence-corrected chi connectivity index (χ1v) is 9.22. The average Bonchev–Trinajstić information content (AvgIpc) is 3.18. The van der Waals surface area contributed by atoms with Crippen molar-refractivity contribution in [1.29, 1.82) is 0 Å². The number of aryl methyl sites for hydroxylation is 1. The van der Waals surface area contributed by atoms with Crippen molar-refractivity contribution in [2.45, 2.75) is 32.2 Å². The summed E-state index contributed by atoms with van der Waals surface area (Å²) < 4.78 is 32.1. The number of aliphatic hydroxyl groups is 1. The van der Waals surface area contributed by atoms with Crippen molar-refractivity contribution >= 4 is 11.6 Å². The summed E-state index contributed by atoms with van der Waals surface area (Å²) in [5.41, 5.74) is 3.40. The van der Waals surface area contributed by atoms with Crippen LogP contribution in [-0.4, -0.2) is 40.3 Å². The van der Waals surface area contributed by atoms with E-state index >= 15 is 0 Å². The molecule has 2 heterocycles. The third kappa shape index (κ3) is 3.56. The number of benzene rings is 1. The molecule has 0 aliphatic heterocycles. The second kappa shape index (κ2) is 7.81. The third-order valence-corrected chi connectivity index (χ3v) is 5.03. The standard InChI is InChI=1S/C21H21FN2O5/c1-12-16(10-25)24-7-3-4-17(21(24)23-12)29-20-15-6-5-14(22)8-13(15)9-18(20)28-19(26)11-27-2/h3-8,18,20,25H,9-11H2,1-2H3/t18-,20-/m1/s1. The normalized spacial score (nSPS) is 18.1. The molecule has 0 spiro atoms. The van der Waals surface area contributed by atoms with Crippen LogP contribution in [0.2, 0.25) is 0 Å². The van der Waals surface area contributed by atoms with Gasteiger partial charge in [0, 0.05) is 19.7 Å². The SMILES string of the molecule is COCC(=O)O[C@@H]1Cc2cc(F)ccc2[C@H]1Oc1cccn2c(CO)c(C)nc12. The van der Waals surface area contributed by atoms with Crippen LogP contribution in [0, 0.1) is 12.7 Å². The summed E-state index contributed by atoms with van der Waals surface area (Å²) in [6.45, 7) is 1.48. The molecule has 152 valence electrons. The molecular weight excluding hydrogens is 379 g/mol. The number of carbonyl (C=O) groups excluding carboxylic acids is 1. The first kappa shape index (κ1) is 19.4. The highest BCUT2D eigenvalue weighted by Crippen LogP contribution is 2.38. The van der Waals surface area contributed by atoms with E-state index < -0.39 is 18.2 Å². The Morgan fingerprint density at radius 2 is 2.21 bits per heavy atom. The maximum Gasteiger partial charge on any atom is 0.332 e. The van der Waals surface area contributed by atoms with Crippen molar-refractivity contribution in [2.24, 2.45) is 0 Å². The maximum atomic E-state index is 13.7. The number of fused-ring (bicyclic) bond motifs is 2. The van der Waals surface area contributed by atoms with E-state index in [-0.39, 0.29) is 19.0 Å². The maximum absolute atomic E-state index is 13.7. The van der Waals surface area contributed by atoms with Crippen LogP contribution < -0.4 is 4.74 Å². The van der Waals surface area contributed by atoms with Crippen LogP contribution in [0.1, 0.15) is 28.6 Å². The lowest BCUT2D eigenvalue weighted by molar-refractivity contribution is -0.157. The number of halogens is 1. The van der Waals surface area contributed by atoms with Gasteiger partial charge in [-0.2, -0.15) is 0 Å². The Morgan fingerprint density at radius 1 is 1.38 bits per heavy atom. The fraction of sp³-hybridized carbons (Fsp3) is 0.333. The molecule has 2 atom stereocenters. The van der Waals surface area contributed by atoms with Gasteiger partial charge in [0.05, 0.1) is 18.0 Å². The Hall–Kier alpha value is -2.97. The van der Waals surface area contributed by atoms with E-state index in [0.29, 0.717) is 29.2 Å². The molecule has 1 aliphatic carbocycles. The van der Waals surface area contributed by atoms with E-state index in [2.05, 4.69) is 4.98 Å². The predicted molar refractivity (Wildman–Crippen MR) is 101 cm³/mol. The minimum Gasteiger partial charge on any atom is -0.478 e. The van der Waals surface area contributed by atoms with Crippen LogP contribution >= 0.6 is 0 Å². The zero-order chi connectivity index (χ0) is 20.5. The smallest absolute Gasteiger partial charge is 0.332 e. The second-order valence-corrected chi connectivity index (χ2v) is 6.92. The Kier molecular flexibility index (Phi) is 5.21. The summed E-state index contributed by atoms with van der Waals surface area (Å²) in [6, 6.07) is 7.99. The molecule has 2 aromatic heterocycles. The number of carbonyl (C=O) groups is 1. The van der Waals surface area contributed by atoms with Crippen LogP contribution in [0.3, 0.4) is 0 Å². The quantitative estimate of drug-likeness (QED) is 0.641. The number of hydrogen-bond donors (Lipinski definition) is 1. The van der Waals surface area contributed by atoms with Gasteiger partial charge in [-0.15, -0.1) is 0 Å². The van der Waals surface area contributed by atoms with Gasteiger partial charge in [0.25, 0.3) is 0 Å². The van der Waals surface area contributed by atoms with Gasteiger partial charge in [-0.1, -0.05) is 6.07 Å². The number of pyridine rings is 1.